The van der Waals surface area contributed by atoms with Crippen LogP contribution in [0.2, 0.25) is 0 Å². The topological polar surface area (TPSA) is 113 Å². The highest BCUT2D eigenvalue weighted by Crippen LogP contribution is 2.21. The van der Waals surface area contributed by atoms with Crippen molar-refractivity contribution in [3.8, 4) is 5.75 Å². The number of amides is 1. The number of carbonyl (C=O) groups excluding carboxylic acids is 1. The van der Waals surface area contributed by atoms with Crippen LogP contribution in [0.1, 0.15) is 5.56 Å². The lowest BCUT2D eigenvalue weighted by atomic mass is 9.98. The van der Waals surface area contributed by atoms with Gasteiger partial charge in [0.2, 0.25) is 5.91 Å². The molecule has 3 rings (SSSR count). The maximum Gasteiger partial charge on any atom is 0.326 e. The average molecular weight is 383 g/mol. The van der Waals surface area contributed by atoms with Crippen LogP contribution >= 0.6 is 0 Å². The van der Waals surface area contributed by atoms with Gasteiger partial charge in [0.1, 0.15) is 12.3 Å². The molecule has 1 unspecified atom stereocenters. The van der Waals surface area contributed by atoms with Gasteiger partial charge >= 0.3 is 11.7 Å². The Kier molecular flexibility index (Phi) is 5.78. The number of carbonyl (C=O) groups is 2. The van der Waals surface area contributed by atoms with Gasteiger partial charge in [-0.05, 0) is 30.2 Å². The second kappa shape index (κ2) is 8.43. The molecule has 8 nitrogen and oxygen atoms in total. The van der Waals surface area contributed by atoms with Crippen molar-refractivity contribution in [1.82, 2.24) is 14.9 Å². The molecule has 1 heterocycles. The Labute approximate surface area is 160 Å². The van der Waals surface area contributed by atoms with Crippen molar-refractivity contribution in [3.05, 3.63) is 64.6 Å². The van der Waals surface area contributed by atoms with Gasteiger partial charge in [0.25, 0.3) is 0 Å². The van der Waals surface area contributed by atoms with Crippen molar-refractivity contribution in [2.75, 3.05) is 13.7 Å². The highest BCUT2D eigenvalue weighted by molar-refractivity contribution is 5.81. The van der Waals surface area contributed by atoms with Crippen molar-refractivity contribution in [2.24, 2.45) is 5.92 Å². The largest absolute Gasteiger partial charge is 0.496 e. The predicted molar refractivity (Wildman–Crippen MR) is 103 cm³/mol. The molecule has 0 aliphatic rings. The third-order valence-corrected chi connectivity index (χ3v) is 4.54. The van der Waals surface area contributed by atoms with E-state index in [-0.39, 0.29) is 25.2 Å². The summed E-state index contributed by atoms with van der Waals surface area (Å²) in [4.78, 5) is 38.6. The van der Waals surface area contributed by atoms with Crippen molar-refractivity contribution >= 4 is 22.9 Å². The summed E-state index contributed by atoms with van der Waals surface area (Å²) in [6.45, 7) is -0.243. The number of carboxylic acid groups (broad SMARTS) is 1. The van der Waals surface area contributed by atoms with E-state index in [1.54, 1.807) is 48.5 Å². The van der Waals surface area contributed by atoms with Crippen LogP contribution in [0, 0.1) is 5.92 Å². The smallest absolute Gasteiger partial charge is 0.326 e. The number of fused-ring (bicyclic) bond motifs is 1. The van der Waals surface area contributed by atoms with E-state index in [0.29, 0.717) is 16.8 Å². The number of hydrogen-bond donors (Lipinski definition) is 3. The Morgan fingerprint density at radius 1 is 1.18 bits per heavy atom. The Morgan fingerprint density at radius 2 is 1.89 bits per heavy atom. The molecule has 0 aliphatic heterocycles. The summed E-state index contributed by atoms with van der Waals surface area (Å²) < 4.78 is 6.57. The zero-order chi connectivity index (χ0) is 20.1. The molecule has 0 saturated carbocycles. The molecule has 1 aromatic heterocycles. The normalized spacial score (nSPS) is 11.9. The first kappa shape index (κ1) is 19.2. The second-order valence-electron chi connectivity index (χ2n) is 6.39. The first-order chi connectivity index (χ1) is 13.5. The number of para-hydroxylation sites is 3. The standard InChI is InChI=1S/C20H21N3O5/c1-28-17-9-5-2-6-13(17)10-14(19(25)26)11-21-18(24)12-23-16-8-4-3-7-15(16)22-20(23)27/h2-9,14H,10-12H2,1H3,(H,21,24)(H,22,27)(H,25,26). The molecule has 3 N–H and O–H groups in total. The first-order valence-corrected chi connectivity index (χ1v) is 8.78. The molecule has 28 heavy (non-hydrogen) atoms. The highest BCUT2D eigenvalue weighted by Gasteiger charge is 2.21. The lowest BCUT2D eigenvalue weighted by Crippen LogP contribution is -2.37. The molecule has 146 valence electrons. The quantitative estimate of drug-likeness (QED) is 0.544. The van der Waals surface area contributed by atoms with Gasteiger partial charge in [-0.25, -0.2) is 4.79 Å². The highest BCUT2D eigenvalue weighted by atomic mass is 16.5. The number of imidazole rings is 1. The zero-order valence-electron chi connectivity index (χ0n) is 15.3. The Morgan fingerprint density at radius 3 is 2.64 bits per heavy atom. The molecule has 0 aliphatic carbocycles. The summed E-state index contributed by atoms with van der Waals surface area (Å²) in [5.74, 6) is -1.67. The lowest BCUT2D eigenvalue weighted by molar-refractivity contribution is -0.141. The number of aliphatic carboxylic acids is 1. The third-order valence-electron chi connectivity index (χ3n) is 4.54. The molecule has 0 spiro atoms. The molecule has 1 atom stereocenters. The summed E-state index contributed by atoms with van der Waals surface area (Å²) >= 11 is 0. The molecular weight excluding hydrogens is 362 g/mol. The Bertz CT molecular complexity index is 1050. The van der Waals surface area contributed by atoms with Crippen molar-refractivity contribution in [3.63, 3.8) is 0 Å². The summed E-state index contributed by atoms with van der Waals surface area (Å²) in [6.07, 6.45) is 0.215. The number of aromatic nitrogens is 2. The van der Waals surface area contributed by atoms with Gasteiger partial charge in [-0.1, -0.05) is 30.3 Å². The molecule has 2 aromatic carbocycles. The van der Waals surface area contributed by atoms with E-state index in [1.807, 2.05) is 0 Å². The number of aromatic amines is 1. The summed E-state index contributed by atoms with van der Waals surface area (Å²) in [7, 11) is 1.52. The summed E-state index contributed by atoms with van der Waals surface area (Å²) in [5, 5.41) is 12.1. The fraction of sp³-hybridized carbons (Fsp3) is 0.250. The minimum Gasteiger partial charge on any atom is -0.496 e. The molecule has 3 aromatic rings. The van der Waals surface area contributed by atoms with Crippen LogP contribution in [0.5, 0.6) is 5.75 Å². The molecule has 0 bridgehead atoms. The van der Waals surface area contributed by atoms with Gasteiger partial charge in [0, 0.05) is 6.54 Å². The number of ether oxygens (including phenoxy) is 1. The van der Waals surface area contributed by atoms with E-state index in [1.165, 1.54) is 11.7 Å². The number of rotatable bonds is 8. The summed E-state index contributed by atoms with van der Waals surface area (Å²) in [5.41, 5.74) is 1.62. The summed E-state index contributed by atoms with van der Waals surface area (Å²) in [6, 6.07) is 14.2. The van der Waals surface area contributed by atoms with Gasteiger partial charge in [-0.2, -0.15) is 0 Å². The SMILES string of the molecule is COc1ccccc1CC(CNC(=O)Cn1c(=O)[nH]c2ccccc21)C(=O)O. The van der Waals surface area contributed by atoms with Crippen molar-refractivity contribution in [2.45, 2.75) is 13.0 Å². The fourth-order valence-corrected chi connectivity index (χ4v) is 3.08. The van der Waals surface area contributed by atoms with E-state index < -0.39 is 17.8 Å². The maximum absolute atomic E-state index is 12.3. The van der Waals surface area contributed by atoms with Gasteiger partial charge in [-0.3, -0.25) is 14.2 Å². The molecular formula is C20H21N3O5. The average Bonchev–Trinajstić information content (AvgIpc) is 3.00. The molecule has 0 saturated heterocycles. The monoisotopic (exact) mass is 383 g/mol. The minimum atomic E-state index is -1.02. The van der Waals surface area contributed by atoms with Gasteiger partial charge < -0.3 is 20.1 Å². The van der Waals surface area contributed by atoms with Crippen LogP contribution in [-0.2, 0) is 22.6 Å². The number of nitrogens with zero attached hydrogens (tertiary/aromatic N) is 1. The fourth-order valence-electron chi connectivity index (χ4n) is 3.08. The molecule has 0 fully saturated rings. The predicted octanol–water partition coefficient (Wildman–Crippen LogP) is 1.40. The number of methoxy groups -OCH3 is 1. The van der Waals surface area contributed by atoms with E-state index in [4.69, 9.17) is 4.74 Å². The van der Waals surface area contributed by atoms with Crippen molar-refractivity contribution < 1.29 is 19.4 Å². The molecule has 1 amide bonds. The van der Waals surface area contributed by atoms with Crippen LogP contribution in [-0.4, -0.2) is 40.2 Å². The number of hydrogen-bond acceptors (Lipinski definition) is 4. The molecule has 0 radical (unpaired) electrons. The van der Waals surface area contributed by atoms with Gasteiger partial charge in [0.05, 0.1) is 24.1 Å². The van der Waals surface area contributed by atoms with E-state index in [0.717, 1.165) is 5.56 Å². The van der Waals surface area contributed by atoms with Crippen LogP contribution in [0.25, 0.3) is 11.0 Å². The zero-order valence-corrected chi connectivity index (χ0v) is 15.3. The number of benzene rings is 2. The van der Waals surface area contributed by atoms with Crippen LogP contribution in [0.15, 0.2) is 53.3 Å². The van der Waals surface area contributed by atoms with Gasteiger partial charge in [0.15, 0.2) is 0 Å². The second-order valence-corrected chi connectivity index (χ2v) is 6.39. The Hall–Kier alpha value is -3.55. The minimum absolute atomic E-state index is 0.0523. The number of carboxylic acids is 1. The molecule has 8 heteroatoms. The Balaban J connectivity index is 1.66. The number of H-pyrrole nitrogens is 1. The van der Waals surface area contributed by atoms with Gasteiger partial charge in [-0.15, -0.1) is 0 Å². The van der Waals surface area contributed by atoms with E-state index >= 15 is 0 Å². The maximum atomic E-state index is 12.3. The van der Waals surface area contributed by atoms with E-state index in [9.17, 15) is 19.5 Å². The van der Waals surface area contributed by atoms with Crippen LogP contribution in [0.4, 0.5) is 0 Å². The van der Waals surface area contributed by atoms with Crippen LogP contribution < -0.4 is 15.7 Å². The van der Waals surface area contributed by atoms with E-state index in [2.05, 4.69) is 10.3 Å². The van der Waals surface area contributed by atoms with Crippen molar-refractivity contribution in [1.29, 1.82) is 0 Å². The first-order valence-electron chi connectivity index (χ1n) is 8.78. The lowest BCUT2D eigenvalue weighted by Gasteiger charge is -2.15. The number of nitrogens with one attached hydrogen (secondary N) is 2. The van der Waals surface area contributed by atoms with Crippen LogP contribution in [0.3, 0.4) is 0 Å². The third kappa shape index (κ3) is 4.22.